The van der Waals surface area contributed by atoms with E-state index in [1.54, 1.807) is 0 Å². The molecule has 0 N–H and O–H groups in total. The number of morpholine rings is 1. The molecule has 0 unspecified atom stereocenters. The van der Waals surface area contributed by atoms with Crippen LogP contribution < -0.4 is 15.5 Å². The summed E-state index contributed by atoms with van der Waals surface area (Å²) in [5.74, 6) is 1.09. The van der Waals surface area contributed by atoms with Gasteiger partial charge in [0.1, 0.15) is 0 Å². The van der Waals surface area contributed by atoms with Crippen LogP contribution in [0, 0.1) is 0 Å². The van der Waals surface area contributed by atoms with E-state index in [1.165, 1.54) is 4.57 Å². The zero-order valence-corrected chi connectivity index (χ0v) is 13.4. The molecule has 4 rings (SSSR count). The second-order valence-corrected chi connectivity index (χ2v) is 5.95. The molecule has 0 radical (unpaired) electrons. The first-order chi connectivity index (χ1) is 11.7. The van der Waals surface area contributed by atoms with Gasteiger partial charge in [0.25, 0.3) is 0 Å². The highest BCUT2D eigenvalue weighted by atomic mass is 16.5. The second kappa shape index (κ2) is 6.09. The van der Waals surface area contributed by atoms with Crippen molar-refractivity contribution in [2.75, 3.05) is 42.6 Å². The van der Waals surface area contributed by atoms with E-state index < -0.39 is 0 Å². The van der Waals surface area contributed by atoms with Crippen molar-refractivity contribution in [1.29, 1.82) is 0 Å². The SMILES string of the molecule is C=C1CN(Cc2ccccc2)c2nc(N3CCOCC3)nc(=O)n21. The Labute approximate surface area is 139 Å². The lowest BCUT2D eigenvalue weighted by Crippen LogP contribution is -2.39. The quantitative estimate of drug-likeness (QED) is 0.838. The molecule has 0 atom stereocenters. The lowest BCUT2D eigenvalue weighted by molar-refractivity contribution is 0.122. The summed E-state index contributed by atoms with van der Waals surface area (Å²) in [7, 11) is 0. The monoisotopic (exact) mass is 325 g/mol. The van der Waals surface area contributed by atoms with E-state index in [0.29, 0.717) is 57.0 Å². The first-order valence-electron chi connectivity index (χ1n) is 8.03. The van der Waals surface area contributed by atoms with Crippen LogP contribution >= 0.6 is 0 Å². The maximum absolute atomic E-state index is 12.4. The van der Waals surface area contributed by atoms with Gasteiger partial charge in [-0.15, -0.1) is 0 Å². The third-order valence-corrected chi connectivity index (χ3v) is 4.27. The highest BCUT2D eigenvalue weighted by Gasteiger charge is 2.28. The van der Waals surface area contributed by atoms with Gasteiger partial charge in [-0.05, 0) is 5.56 Å². The highest BCUT2D eigenvalue weighted by molar-refractivity contribution is 5.63. The lowest BCUT2D eigenvalue weighted by Gasteiger charge is -2.27. The van der Waals surface area contributed by atoms with E-state index in [-0.39, 0.29) is 5.69 Å². The first-order valence-corrected chi connectivity index (χ1v) is 8.03. The molecule has 0 spiro atoms. The van der Waals surface area contributed by atoms with Gasteiger partial charge >= 0.3 is 5.69 Å². The Bertz CT molecular complexity index is 811. The van der Waals surface area contributed by atoms with E-state index in [9.17, 15) is 4.79 Å². The van der Waals surface area contributed by atoms with Crippen molar-refractivity contribution in [3.8, 4) is 0 Å². The van der Waals surface area contributed by atoms with Gasteiger partial charge in [0.15, 0.2) is 0 Å². The Morgan fingerprint density at radius 2 is 1.88 bits per heavy atom. The van der Waals surface area contributed by atoms with Crippen molar-refractivity contribution in [3.05, 3.63) is 53.0 Å². The summed E-state index contributed by atoms with van der Waals surface area (Å²) in [6, 6.07) is 10.1. The van der Waals surface area contributed by atoms with Crippen LogP contribution in [0.5, 0.6) is 0 Å². The number of aromatic nitrogens is 3. The van der Waals surface area contributed by atoms with Crippen molar-refractivity contribution in [2.45, 2.75) is 6.54 Å². The van der Waals surface area contributed by atoms with Crippen LogP contribution in [-0.4, -0.2) is 47.4 Å². The molecule has 2 aliphatic rings. The molecule has 7 nitrogen and oxygen atoms in total. The molecule has 24 heavy (non-hydrogen) atoms. The molecular formula is C17H19N5O2. The number of fused-ring (bicyclic) bond motifs is 1. The van der Waals surface area contributed by atoms with Crippen LogP contribution in [0.25, 0.3) is 5.70 Å². The molecule has 2 aliphatic heterocycles. The topological polar surface area (TPSA) is 63.5 Å². The largest absolute Gasteiger partial charge is 0.378 e. The fourth-order valence-electron chi connectivity index (χ4n) is 3.07. The molecule has 0 bridgehead atoms. The summed E-state index contributed by atoms with van der Waals surface area (Å²) in [4.78, 5) is 25.3. The molecule has 0 aliphatic carbocycles. The van der Waals surface area contributed by atoms with Crippen LogP contribution in [0.4, 0.5) is 11.9 Å². The molecule has 1 fully saturated rings. The Morgan fingerprint density at radius 1 is 1.12 bits per heavy atom. The lowest BCUT2D eigenvalue weighted by atomic mass is 10.2. The first kappa shape index (κ1) is 14.9. The standard InChI is InChI=1S/C17H19N5O2/c1-13-11-21(12-14-5-3-2-4-6-14)16-18-15(19-17(23)22(13)16)20-7-9-24-10-8-20/h2-6H,1,7-12H2. The van der Waals surface area contributed by atoms with Gasteiger partial charge in [0.2, 0.25) is 11.9 Å². The fourth-order valence-corrected chi connectivity index (χ4v) is 3.07. The number of hydrogen-bond donors (Lipinski definition) is 0. The average molecular weight is 325 g/mol. The number of nitrogens with zero attached hydrogens (tertiary/aromatic N) is 5. The summed E-state index contributed by atoms with van der Waals surface area (Å²) in [6.45, 7) is 7.90. The Morgan fingerprint density at radius 3 is 2.62 bits per heavy atom. The van der Waals surface area contributed by atoms with Gasteiger partial charge in [-0.1, -0.05) is 36.9 Å². The van der Waals surface area contributed by atoms with E-state index in [1.807, 2.05) is 23.1 Å². The van der Waals surface area contributed by atoms with E-state index in [2.05, 4.69) is 33.6 Å². The van der Waals surface area contributed by atoms with Crippen molar-refractivity contribution >= 4 is 17.6 Å². The predicted octanol–water partition coefficient (Wildman–Crippen LogP) is 0.966. The smallest absolute Gasteiger partial charge is 0.358 e. The fraction of sp³-hybridized carbons (Fsp3) is 0.353. The van der Waals surface area contributed by atoms with Gasteiger partial charge in [0.05, 0.1) is 19.8 Å². The highest BCUT2D eigenvalue weighted by Crippen LogP contribution is 2.26. The number of hydrogen-bond acceptors (Lipinski definition) is 6. The van der Waals surface area contributed by atoms with Gasteiger partial charge in [-0.25, -0.2) is 9.36 Å². The van der Waals surface area contributed by atoms with Gasteiger partial charge in [-0.3, -0.25) is 0 Å². The van der Waals surface area contributed by atoms with Crippen molar-refractivity contribution < 1.29 is 4.74 Å². The summed E-state index contributed by atoms with van der Waals surface area (Å²) < 4.78 is 6.86. The molecule has 2 aromatic rings. The predicted molar refractivity (Wildman–Crippen MR) is 92.1 cm³/mol. The van der Waals surface area contributed by atoms with Crippen LogP contribution in [0.3, 0.4) is 0 Å². The van der Waals surface area contributed by atoms with Gasteiger partial charge in [-0.2, -0.15) is 9.97 Å². The third-order valence-electron chi connectivity index (χ3n) is 4.27. The van der Waals surface area contributed by atoms with Gasteiger partial charge in [0, 0.05) is 25.3 Å². The molecule has 0 saturated carbocycles. The van der Waals surface area contributed by atoms with E-state index >= 15 is 0 Å². The summed E-state index contributed by atoms with van der Waals surface area (Å²) in [5, 5.41) is 0. The molecule has 124 valence electrons. The Kier molecular flexibility index (Phi) is 3.78. The maximum atomic E-state index is 12.4. The van der Waals surface area contributed by atoms with Crippen LogP contribution in [0.1, 0.15) is 5.56 Å². The molecule has 1 aromatic heterocycles. The normalized spacial score (nSPS) is 17.2. The number of benzene rings is 1. The van der Waals surface area contributed by atoms with Crippen molar-refractivity contribution in [2.24, 2.45) is 0 Å². The molecular weight excluding hydrogens is 306 g/mol. The minimum atomic E-state index is -0.318. The minimum Gasteiger partial charge on any atom is -0.378 e. The molecule has 1 aromatic carbocycles. The van der Waals surface area contributed by atoms with Gasteiger partial charge < -0.3 is 14.5 Å². The molecule has 1 saturated heterocycles. The minimum absolute atomic E-state index is 0.318. The zero-order chi connectivity index (χ0) is 16.5. The maximum Gasteiger partial charge on any atom is 0.358 e. The van der Waals surface area contributed by atoms with Crippen LogP contribution in [-0.2, 0) is 11.3 Å². The van der Waals surface area contributed by atoms with Crippen molar-refractivity contribution in [3.63, 3.8) is 0 Å². The number of ether oxygens (including phenoxy) is 1. The van der Waals surface area contributed by atoms with E-state index in [0.717, 1.165) is 5.56 Å². The molecule has 7 heteroatoms. The van der Waals surface area contributed by atoms with Crippen LogP contribution in [0.15, 0.2) is 41.7 Å². The average Bonchev–Trinajstić information content (AvgIpc) is 2.93. The van der Waals surface area contributed by atoms with E-state index in [4.69, 9.17) is 4.74 Å². The third kappa shape index (κ3) is 2.67. The summed E-state index contributed by atoms with van der Waals surface area (Å²) >= 11 is 0. The Hall–Kier alpha value is -2.67. The number of rotatable bonds is 3. The summed E-state index contributed by atoms with van der Waals surface area (Å²) in [6.07, 6.45) is 0. The summed E-state index contributed by atoms with van der Waals surface area (Å²) in [5.41, 5.74) is 1.55. The Balaban J connectivity index is 1.69. The number of anilines is 2. The second-order valence-electron chi connectivity index (χ2n) is 5.95. The molecule has 0 amide bonds. The van der Waals surface area contributed by atoms with Crippen molar-refractivity contribution in [1.82, 2.24) is 14.5 Å². The van der Waals surface area contributed by atoms with Crippen LogP contribution in [0.2, 0.25) is 0 Å². The molecule has 3 heterocycles. The zero-order valence-electron chi connectivity index (χ0n) is 13.4.